The van der Waals surface area contributed by atoms with Crippen molar-refractivity contribution in [3.63, 3.8) is 0 Å². The second-order valence-electron chi connectivity index (χ2n) is 9.78. The highest BCUT2D eigenvalue weighted by Crippen LogP contribution is 2.52. The van der Waals surface area contributed by atoms with Crippen LogP contribution in [0.5, 0.6) is 0 Å². The molecule has 0 aromatic rings. The van der Waals surface area contributed by atoms with E-state index in [4.69, 9.17) is 13.6 Å². The van der Waals surface area contributed by atoms with Gasteiger partial charge in [-0.2, -0.15) is 11.8 Å². The Morgan fingerprint density at radius 3 is 1.75 bits per heavy atom. The van der Waals surface area contributed by atoms with E-state index in [0.29, 0.717) is 6.42 Å². The molecule has 0 amide bonds. The molecule has 0 fully saturated rings. The normalized spacial score (nSPS) is 14.8. The summed E-state index contributed by atoms with van der Waals surface area (Å²) in [7, 11) is -2.85. The Morgan fingerprint density at radius 2 is 1.25 bits per heavy atom. The Kier molecular flexibility index (Phi) is 24.9. The lowest BCUT2D eigenvalue weighted by Gasteiger charge is -2.27. The monoisotopic (exact) mass is 552 g/mol. The number of thioether (sulfide) groups is 1. The lowest BCUT2D eigenvalue weighted by molar-refractivity contribution is 0.0669. The molecule has 3 atom stereocenters. The molecule has 0 N–H and O–H groups in total. The van der Waals surface area contributed by atoms with Crippen molar-refractivity contribution >= 4 is 25.7 Å². The van der Waals surface area contributed by atoms with Crippen LogP contribution in [0.15, 0.2) is 0 Å². The van der Waals surface area contributed by atoms with Gasteiger partial charge < -0.3 is 9.26 Å². The van der Waals surface area contributed by atoms with Crippen molar-refractivity contribution in [1.29, 1.82) is 0 Å². The van der Waals surface area contributed by atoms with E-state index in [2.05, 4.69) is 18.6 Å². The van der Waals surface area contributed by atoms with Crippen LogP contribution in [0.25, 0.3) is 0 Å². The summed E-state index contributed by atoms with van der Waals surface area (Å²) in [5.74, 6) is 1.06. The second kappa shape index (κ2) is 25.1. The van der Waals surface area contributed by atoms with Gasteiger partial charge in [0.2, 0.25) is 0 Å². The van der Waals surface area contributed by atoms with Gasteiger partial charge in [-0.25, -0.2) is 9.36 Å². The minimum atomic E-state index is -4.03. The number of phosphoric acid groups is 1. The molecule has 0 rings (SSSR count). The summed E-state index contributed by atoms with van der Waals surface area (Å²) in [5.41, 5.74) is 0. The lowest BCUT2D eigenvalue weighted by Crippen LogP contribution is -2.24. The summed E-state index contributed by atoms with van der Waals surface area (Å²) in [6.07, 6.45) is 20.9. The summed E-state index contributed by atoms with van der Waals surface area (Å²) < 4.78 is 33.7. The molecule has 0 saturated heterocycles. The van der Waals surface area contributed by atoms with Gasteiger partial charge in [-0.1, -0.05) is 117 Å². The van der Waals surface area contributed by atoms with Gasteiger partial charge in [-0.3, -0.25) is 9.05 Å². The SMILES string of the molecule is CCCCCCCCCCCCSC(CCCCCCCC)C(C)OP(=O)(OCCC)OC(=O)OC. The Bertz CT molecular complexity index is 548. The van der Waals surface area contributed by atoms with Crippen LogP contribution in [0.2, 0.25) is 0 Å². The summed E-state index contributed by atoms with van der Waals surface area (Å²) >= 11 is 1.89. The highest BCUT2D eigenvalue weighted by molar-refractivity contribution is 7.99. The van der Waals surface area contributed by atoms with Gasteiger partial charge >= 0.3 is 14.0 Å². The molecule has 6 nitrogen and oxygen atoms in total. The van der Waals surface area contributed by atoms with Crippen molar-refractivity contribution in [2.45, 2.75) is 155 Å². The van der Waals surface area contributed by atoms with E-state index in [1.807, 2.05) is 25.6 Å². The number of phosphoric ester groups is 1. The standard InChI is InChI=1S/C28H57O6PS/c1-6-9-11-13-15-16-17-18-20-22-25-36-27(23-21-19-14-12-10-7-2)26(4)33-35(30,32-24-8-3)34-28(29)31-5/h26-27H,6-25H2,1-5H3. The number of hydrogen-bond acceptors (Lipinski definition) is 7. The van der Waals surface area contributed by atoms with Gasteiger partial charge in [0.1, 0.15) is 0 Å². The molecule has 0 radical (unpaired) electrons. The maximum absolute atomic E-state index is 13.1. The zero-order valence-electron chi connectivity index (χ0n) is 24.1. The maximum Gasteiger partial charge on any atom is 0.534 e. The molecule has 36 heavy (non-hydrogen) atoms. The zero-order valence-corrected chi connectivity index (χ0v) is 25.8. The van der Waals surface area contributed by atoms with E-state index >= 15 is 0 Å². The fourth-order valence-electron chi connectivity index (χ4n) is 4.09. The molecule has 216 valence electrons. The number of rotatable bonds is 26. The molecule has 0 bridgehead atoms. The first kappa shape index (κ1) is 35.8. The molecule has 0 heterocycles. The molecule has 0 spiro atoms. The minimum absolute atomic E-state index is 0.175. The van der Waals surface area contributed by atoms with E-state index in [0.717, 1.165) is 18.6 Å². The topological polar surface area (TPSA) is 71.1 Å². The summed E-state index contributed by atoms with van der Waals surface area (Å²) in [6, 6.07) is 0. The third-order valence-electron chi connectivity index (χ3n) is 6.30. The third-order valence-corrected chi connectivity index (χ3v) is 9.33. The average Bonchev–Trinajstić information content (AvgIpc) is 2.86. The summed E-state index contributed by atoms with van der Waals surface area (Å²) in [5, 5.41) is 0.175. The molecule has 0 aliphatic carbocycles. The van der Waals surface area contributed by atoms with Gasteiger partial charge in [-0.15, -0.1) is 0 Å². The van der Waals surface area contributed by atoms with Crippen LogP contribution in [-0.4, -0.2) is 37.0 Å². The molecule has 0 aromatic heterocycles. The van der Waals surface area contributed by atoms with Crippen LogP contribution in [0.4, 0.5) is 4.79 Å². The van der Waals surface area contributed by atoms with Crippen molar-refractivity contribution < 1.29 is 27.7 Å². The molecule has 8 heteroatoms. The van der Waals surface area contributed by atoms with Crippen LogP contribution in [0.1, 0.15) is 143 Å². The van der Waals surface area contributed by atoms with Gasteiger partial charge in [0, 0.05) is 5.25 Å². The Labute approximate surface area is 227 Å². The predicted molar refractivity (Wildman–Crippen MR) is 154 cm³/mol. The van der Waals surface area contributed by atoms with E-state index in [9.17, 15) is 9.36 Å². The number of methoxy groups -OCH3 is 1. The first-order valence-electron chi connectivity index (χ1n) is 14.7. The fourth-order valence-corrected chi connectivity index (χ4v) is 6.87. The number of carbonyl (C=O) groups excluding carboxylic acids is 1. The van der Waals surface area contributed by atoms with Crippen LogP contribution in [0.3, 0.4) is 0 Å². The van der Waals surface area contributed by atoms with Gasteiger partial charge in [0.15, 0.2) is 0 Å². The van der Waals surface area contributed by atoms with Crippen molar-refractivity contribution in [3.05, 3.63) is 0 Å². The predicted octanol–water partition coefficient (Wildman–Crippen LogP) is 10.5. The van der Waals surface area contributed by atoms with Crippen molar-refractivity contribution in [1.82, 2.24) is 0 Å². The van der Waals surface area contributed by atoms with E-state index in [1.54, 1.807) is 0 Å². The molecule has 0 aliphatic heterocycles. The molecule has 0 saturated carbocycles. The minimum Gasteiger partial charge on any atom is -0.437 e. The molecule has 0 aromatic carbocycles. The van der Waals surface area contributed by atoms with Gasteiger partial charge in [0.25, 0.3) is 0 Å². The maximum atomic E-state index is 13.1. The molecular formula is C28H57O6PS. The highest BCUT2D eigenvalue weighted by atomic mass is 32.2. The van der Waals surface area contributed by atoms with Crippen molar-refractivity contribution in [3.8, 4) is 0 Å². The van der Waals surface area contributed by atoms with E-state index < -0.39 is 14.0 Å². The Hall–Kier alpha value is -0.230. The lowest BCUT2D eigenvalue weighted by atomic mass is 10.1. The van der Waals surface area contributed by atoms with E-state index in [-0.39, 0.29) is 18.0 Å². The quantitative estimate of drug-likeness (QED) is 0.0600. The zero-order chi connectivity index (χ0) is 26.9. The average molecular weight is 553 g/mol. The Balaban J connectivity index is 4.62. The summed E-state index contributed by atoms with van der Waals surface area (Å²) in [6.45, 7) is 8.49. The molecule has 3 unspecified atom stereocenters. The first-order chi connectivity index (χ1) is 17.4. The number of ether oxygens (including phenoxy) is 1. The molecular weight excluding hydrogens is 495 g/mol. The number of hydrogen-bond donors (Lipinski definition) is 0. The molecule has 0 aliphatic rings. The van der Waals surface area contributed by atoms with Crippen LogP contribution in [0, 0.1) is 0 Å². The Morgan fingerprint density at radius 1 is 0.750 bits per heavy atom. The smallest absolute Gasteiger partial charge is 0.437 e. The van der Waals surface area contributed by atoms with Crippen LogP contribution >= 0.6 is 19.6 Å². The van der Waals surface area contributed by atoms with Gasteiger partial charge in [-0.05, 0) is 31.9 Å². The van der Waals surface area contributed by atoms with Crippen molar-refractivity contribution in [2.75, 3.05) is 19.5 Å². The number of unbranched alkanes of at least 4 members (excludes halogenated alkanes) is 14. The third kappa shape index (κ3) is 20.8. The number of carbonyl (C=O) groups is 1. The fraction of sp³-hybridized carbons (Fsp3) is 0.964. The van der Waals surface area contributed by atoms with E-state index in [1.165, 1.54) is 103 Å². The van der Waals surface area contributed by atoms with Crippen LogP contribution < -0.4 is 0 Å². The first-order valence-corrected chi connectivity index (χ1v) is 17.2. The van der Waals surface area contributed by atoms with Gasteiger partial charge in [0.05, 0.1) is 19.8 Å². The highest BCUT2D eigenvalue weighted by Gasteiger charge is 2.36. The second-order valence-corrected chi connectivity index (χ2v) is 12.7. The van der Waals surface area contributed by atoms with Crippen LogP contribution in [-0.2, 0) is 22.9 Å². The van der Waals surface area contributed by atoms with Crippen molar-refractivity contribution in [2.24, 2.45) is 0 Å². The summed E-state index contributed by atoms with van der Waals surface area (Å²) in [4.78, 5) is 11.6. The largest absolute Gasteiger partial charge is 0.534 e.